The summed E-state index contributed by atoms with van der Waals surface area (Å²) in [5.74, 6) is 2.08. The zero-order valence-corrected chi connectivity index (χ0v) is 10.0. The molecule has 0 aliphatic heterocycles. The fraction of sp³-hybridized carbons (Fsp3) is 0.500. The highest BCUT2D eigenvalue weighted by Gasteiger charge is 2.53. The normalized spacial score (nSPS) is 46.5. The Morgan fingerprint density at radius 3 is 2.38 bits per heavy atom. The number of fused-ring (bicyclic) bond motifs is 5. The van der Waals surface area contributed by atoms with Crippen LogP contribution in [0.2, 0.25) is 0 Å². The number of carbonyl (C=O) groups excluding carboxylic acids is 1. The zero-order chi connectivity index (χ0) is 9.16. The molecule has 4 atom stereocenters. The van der Waals surface area contributed by atoms with Crippen LogP contribution < -0.4 is 0 Å². The summed E-state index contributed by atoms with van der Waals surface area (Å²) in [4.78, 5) is 11.8. The van der Waals surface area contributed by atoms with E-state index in [0.29, 0.717) is 23.5 Å². The number of carbonyl (C=O) groups is 1. The van der Waals surface area contributed by atoms with E-state index >= 15 is 0 Å². The molecule has 68 valence electrons. The van der Waals surface area contributed by atoms with Crippen LogP contribution in [0.1, 0.15) is 6.42 Å². The molecule has 13 heavy (non-hydrogen) atoms. The van der Waals surface area contributed by atoms with E-state index in [4.69, 9.17) is 0 Å². The fourth-order valence-corrected chi connectivity index (χ4v) is 4.28. The SMILES string of the molecule is O=C1C(Br)=C(Br)[C@@H]2[C@H]1[C@H]1C=C[C@H]2C1. The Kier molecular flexibility index (Phi) is 1.67. The van der Waals surface area contributed by atoms with E-state index in [1.165, 1.54) is 6.42 Å². The number of allylic oxidation sites excluding steroid dienone is 4. The third-order valence-electron chi connectivity index (χ3n) is 3.48. The molecule has 0 saturated heterocycles. The topological polar surface area (TPSA) is 17.1 Å². The molecule has 3 aliphatic rings. The Balaban J connectivity index is 2.11. The van der Waals surface area contributed by atoms with Crippen molar-refractivity contribution in [3.63, 3.8) is 0 Å². The van der Waals surface area contributed by atoms with Gasteiger partial charge >= 0.3 is 0 Å². The molecule has 0 spiro atoms. The lowest BCUT2D eigenvalue weighted by atomic mass is 9.85. The van der Waals surface area contributed by atoms with Crippen molar-refractivity contribution >= 4 is 37.6 Å². The Morgan fingerprint density at radius 2 is 1.77 bits per heavy atom. The van der Waals surface area contributed by atoms with Gasteiger partial charge < -0.3 is 0 Å². The molecule has 2 bridgehead atoms. The van der Waals surface area contributed by atoms with Gasteiger partial charge in [-0.15, -0.1) is 0 Å². The van der Waals surface area contributed by atoms with Gasteiger partial charge in [0.15, 0.2) is 5.78 Å². The molecule has 1 saturated carbocycles. The van der Waals surface area contributed by atoms with Gasteiger partial charge in [0, 0.05) is 16.3 Å². The third-order valence-corrected chi connectivity index (χ3v) is 5.76. The molecule has 0 aromatic heterocycles. The maximum absolute atomic E-state index is 11.8. The van der Waals surface area contributed by atoms with Crippen molar-refractivity contribution in [2.75, 3.05) is 0 Å². The van der Waals surface area contributed by atoms with Gasteiger partial charge in [-0.3, -0.25) is 4.79 Å². The van der Waals surface area contributed by atoms with E-state index in [0.717, 1.165) is 8.96 Å². The van der Waals surface area contributed by atoms with Crippen LogP contribution in [0, 0.1) is 23.7 Å². The van der Waals surface area contributed by atoms with Crippen LogP contribution in [0.25, 0.3) is 0 Å². The zero-order valence-electron chi connectivity index (χ0n) is 6.84. The Labute approximate surface area is 93.5 Å². The number of Topliss-reactive ketones (excluding diaryl/α,β-unsaturated/α-hetero) is 1. The lowest BCUT2D eigenvalue weighted by molar-refractivity contribution is -0.118. The summed E-state index contributed by atoms with van der Waals surface area (Å²) < 4.78 is 1.88. The predicted molar refractivity (Wildman–Crippen MR) is 57.6 cm³/mol. The fourth-order valence-electron chi connectivity index (χ4n) is 2.94. The van der Waals surface area contributed by atoms with Crippen LogP contribution in [0.3, 0.4) is 0 Å². The molecular formula is C10H8Br2O. The van der Waals surface area contributed by atoms with Crippen molar-refractivity contribution in [3.8, 4) is 0 Å². The summed E-state index contributed by atoms with van der Waals surface area (Å²) in [6.07, 6.45) is 5.66. The highest BCUT2D eigenvalue weighted by Crippen LogP contribution is 2.58. The van der Waals surface area contributed by atoms with Crippen LogP contribution in [0.4, 0.5) is 0 Å². The van der Waals surface area contributed by atoms with E-state index < -0.39 is 0 Å². The lowest BCUT2D eigenvalue weighted by Crippen LogP contribution is -2.21. The quantitative estimate of drug-likeness (QED) is 0.629. The largest absolute Gasteiger partial charge is 0.293 e. The van der Waals surface area contributed by atoms with Gasteiger partial charge in [0.05, 0.1) is 4.48 Å². The Morgan fingerprint density at radius 1 is 1.15 bits per heavy atom. The van der Waals surface area contributed by atoms with Gasteiger partial charge in [-0.25, -0.2) is 0 Å². The average molecular weight is 304 g/mol. The predicted octanol–water partition coefficient (Wildman–Crippen LogP) is 3.01. The molecule has 3 heteroatoms. The number of hydrogen-bond donors (Lipinski definition) is 0. The first kappa shape index (κ1) is 8.42. The molecule has 3 rings (SSSR count). The smallest absolute Gasteiger partial charge is 0.174 e. The summed E-state index contributed by atoms with van der Waals surface area (Å²) in [6.45, 7) is 0. The molecular weight excluding hydrogens is 296 g/mol. The Hall–Kier alpha value is 0.110. The van der Waals surface area contributed by atoms with Gasteiger partial charge in [-0.2, -0.15) is 0 Å². The van der Waals surface area contributed by atoms with Crippen molar-refractivity contribution in [3.05, 3.63) is 21.1 Å². The average Bonchev–Trinajstić information content (AvgIpc) is 2.76. The summed E-state index contributed by atoms with van der Waals surface area (Å²) >= 11 is 6.89. The molecule has 0 radical (unpaired) electrons. The molecule has 0 heterocycles. The first-order chi connectivity index (χ1) is 6.20. The van der Waals surface area contributed by atoms with Crippen molar-refractivity contribution in [2.24, 2.45) is 23.7 Å². The second kappa shape index (κ2) is 2.57. The monoisotopic (exact) mass is 302 g/mol. The van der Waals surface area contributed by atoms with E-state index in [1.54, 1.807) is 0 Å². The second-order valence-corrected chi connectivity index (χ2v) is 5.67. The molecule has 0 unspecified atom stereocenters. The first-order valence-electron chi connectivity index (χ1n) is 4.48. The van der Waals surface area contributed by atoms with Crippen molar-refractivity contribution in [1.82, 2.24) is 0 Å². The number of halogens is 2. The first-order valence-corrected chi connectivity index (χ1v) is 6.06. The minimum atomic E-state index is 0.235. The highest BCUT2D eigenvalue weighted by atomic mass is 79.9. The van der Waals surface area contributed by atoms with E-state index in [9.17, 15) is 4.79 Å². The van der Waals surface area contributed by atoms with Crippen LogP contribution >= 0.6 is 31.9 Å². The minimum absolute atomic E-state index is 0.235. The summed E-state index contributed by atoms with van der Waals surface area (Å²) in [5.41, 5.74) is 0. The Bertz CT molecular complexity index is 356. The van der Waals surface area contributed by atoms with E-state index in [1.807, 2.05) is 0 Å². The van der Waals surface area contributed by atoms with Gasteiger partial charge in [0.25, 0.3) is 0 Å². The van der Waals surface area contributed by atoms with Crippen molar-refractivity contribution in [2.45, 2.75) is 6.42 Å². The van der Waals surface area contributed by atoms with Crippen LogP contribution in [-0.2, 0) is 4.79 Å². The molecule has 0 N–H and O–H groups in total. The molecule has 3 aliphatic carbocycles. The van der Waals surface area contributed by atoms with Gasteiger partial charge in [0.2, 0.25) is 0 Å². The van der Waals surface area contributed by atoms with Crippen LogP contribution in [-0.4, -0.2) is 5.78 Å². The molecule has 0 amide bonds. The second-order valence-electron chi connectivity index (χ2n) is 4.03. The highest BCUT2D eigenvalue weighted by molar-refractivity contribution is 9.14. The van der Waals surface area contributed by atoms with Gasteiger partial charge in [0.1, 0.15) is 0 Å². The van der Waals surface area contributed by atoms with Crippen LogP contribution in [0.15, 0.2) is 21.1 Å². The lowest BCUT2D eigenvalue weighted by Gasteiger charge is -2.19. The van der Waals surface area contributed by atoms with E-state index in [-0.39, 0.29) is 5.92 Å². The standard InChI is InChI=1S/C10H8Br2O/c11-8-6-4-1-2-5(3-4)7(6)10(13)9(8)12/h1-2,4-7H,3H2/t4-,5-,6-,7+/m0/s1. The third kappa shape index (κ3) is 0.899. The summed E-state index contributed by atoms with van der Waals surface area (Å²) in [7, 11) is 0. The number of hydrogen-bond acceptors (Lipinski definition) is 1. The molecule has 0 aromatic rings. The molecule has 0 aromatic carbocycles. The van der Waals surface area contributed by atoms with Crippen molar-refractivity contribution < 1.29 is 4.79 Å². The van der Waals surface area contributed by atoms with Crippen LogP contribution in [0.5, 0.6) is 0 Å². The number of rotatable bonds is 0. The number of ketones is 1. The summed E-state index contributed by atoms with van der Waals surface area (Å²) in [6, 6.07) is 0. The summed E-state index contributed by atoms with van der Waals surface area (Å²) in [5, 5.41) is 0. The minimum Gasteiger partial charge on any atom is -0.293 e. The van der Waals surface area contributed by atoms with Crippen molar-refractivity contribution in [1.29, 1.82) is 0 Å². The maximum Gasteiger partial charge on any atom is 0.174 e. The molecule has 1 fully saturated rings. The molecule has 1 nitrogen and oxygen atoms in total. The van der Waals surface area contributed by atoms with E-state index in [2.05, 4.69) is 44.0 Å². The van der Waals surface area contributed by atoms with Gasteiger partial charge in [-0.1, -0.05) is 28.1 Å². The van der Waals surface area contributed by atoms with Gasteiger partial charge in [-0.05, 0) is 34.2 Å². The maximum atomic E-state index is 11.8.